The summed E-state index contributed by atoms with van der Waals surface area (Å²) in [6.07, 6.45) is -0.0534. The highest BCUT2D eigenvalue weighted by molar-refractivity contribution is 5.94. The summed E-state index contributed by atoms with van der Waals surface area (Å²) in [7, 11) is 0. The normalized spacial score (nSPS) is 11.4. The van der Waals surface area contributed by atoms with E-state index in [1.165, 1.54) is 18.2 Å². The maximum Gasteiger partial charge on any atom is 0.248 e. The summed E-state index contributed by atoms with van der Waals surface area (Å²) in [6.45, 7) is 1.98. The van der Waals surface area contributed by atoms with Crippen molar-refractivity contribution >= 4 is 17.7 Å². The molecular weight excluding hydrogens is 409 g/mol. The Morgan fingerprint density at radius 3 is 2.34 bits per heavy atom. The maximum absolute atomic E-state index is 13.4. The standard InChI is InChI=1S/C25H24FN3O3/c1-16-12-18(10-11-21(16)24(27)31)15-28-25(32)23(19-7-3-2-4-8-19)29-22(30)14-17-6-5-9-20(26)13-17/h2-13,23H,14-15H2,1H3,(H2,27,31)(H,28,32)(H,29,30). The SMILES string of the molecule is Cc1cc(CNC(=O)C(NC(=O)Cc2cccc(F)c2)c2ccccc2)ccc1C(N)=O. The first-order valence-corrected chi connectivity index (χ1v) is 10.1. The summed E-state index contributed by atoms with van der Waals surface area (Å²) in [6, 6.07) is 18.8. The van der Waals surface area contributed by atoms with Crippen LogP contribution in [0.15, 0.2) is 72.8 Å². The average molecular weight is 433 g/mol. The first-order chi connectivity index (χ1) is 15.3. The molecule has 0 aliphatic carbocycles. The van der Waals surface area contributed by atoms with Gasteiger partial charge in [-0.05, 0) is 47.4 Å². The number of nitrogens with one attached hydrogen (secondary N) is 2. The first-order valence-electron chi connectivity index (χ1n) is 10.1. The molecule has 0 aliphatic rings. The Morgan fingerprint density at radius 2 is 1.69 bits per heavy atom. The third-order valence-electron chi connectivity index (χ3n) is 4.98. The summed E-state index contributed by atoms with van der Waals surface area (Å²) < 4.78 is 13.4. The number of primary amides is 1. The van der Waals surface area contributed by atoms with Crippen LogP contribution in [-0.4, -0.2) is 17.7 Å². The monoisotopic (exact) mass is 433 g/mol. The van der Waals surface area contributed by atoms with Crippen LogP contribution in [0.2, 0.25) is 0 Å². The van der Waals surface area contributed by atoms with E-state index in [0.717, 1.165) is 5.56 Å². The minimum absolute atomic E-state index is 0.0534. The average Bonchev–Trinajstić information content (AvgIpc) is 2.76. The van der Waals surface area contributed by atoms with Crippen LogP contribution in [0.25, 0.3) is 0 Å². The van der Waals surface area contributed by atoms with Gasteiger partial charge in [0.15, 0.2) is 0 Å². The molecule has 1 atom stereocenters. The lowest BCUT2D eigenvalue weighted by Gasteiger charge is -2.19. The van der Waals surface area contributed by atoms with E-state index in [0.29, 0.717) is 22.3 Å². The van der Waals surface area contributed by atoms with Crippen LogP contribution >= 0.6 is 0 Å². The van der Waals surface area contributed by atoms with Crippen LogP contribution in [0, 0.1) is 12.7 Å². The molecule has 0 saturated carbocycles. The number of rotatable bonds is 8. The predicted octanol–water partition coefficient (Wildman–Crippen LogP) is 2.95. The fraction of sp³-hybridized carbons (Fsp3) is 0.160. The van der Waals surface area contributed by atoms with Gasteiger partial charge >= 0.3 is 0 Å². The Hall–Kier alpha value is -4.00. The van der Waals surface area contributed by atoms with Crippen molar-refractivity contribution in [1.82, 2.24) is 10.6 Å². The summed E-state index contributed by atoms with van der Waals surface area (Å²) in [4.78, 5) is 36.9. The minimum atomic E-state index is -0.914. The lowest BCUT2D eigenvalue weighted by atomic mass is 10.0. The van der Waals surface area contributed by atoms with Crippen molar-refractivity contribution in [2.75, 3.05) is 0 Å². The van der Waals surface area contributed by atoms with Gasteiger partial charge in [0.25, 0.3) is 0 Å². The number of hydrogen-bond acceptors (Lipinski definition) is 3. The first kappa shape index (κ1) is 22.7. The lowest BCUT2D eigenvalue weighted by molar-refractivity contribution is -0.129. The Bertz CT molecular complexity index is 1130. The van der Waals surface area contributed by atoms with Gasteiger partial charge in [0, 0.05) is 12.1 Å². The topological polar surface area (TPSA) is 101 Å². The van der Waals surface area contributed by atoms with Gasteiger partial charge in [-0.2, -0.15) is 0 Å². The quantitative estimate of drug-likeness (QED) is 0.509. The van der Waals surface area contributed by atoms with Crippen molar-refractivity contribution < 1.29 is 18.8 Å². The third-order valence-corrected chi connectivity index (χ3v) is 4.98. The van der Waals surface area contributed by atoms with Gasteiger partial charge in [-0.25, -0.2) is 4.39 Å². The molecule has 6 nitrogen and oxygen atoms in total. The fourth-order valence-corrected chi connectivity index (χ4v) is 3.39. The van der Waals surface area contributed by atoms with E-state index in [9.17, 15) is 18.8 Å². The number of carbonyl (C=O) groups is 3. The Kier molecular flexibility index (Phi) is 7.33. The van der Waals surface area contributed by atoms with Crippen molar-refractivity contribution in [3.8, 4) is 0 Å². The molecule has 0 bridgehead atoms. The Labute approximate surface area is 185 Å². The fourth-order valence-electron chi connectivity index (χ4n) is 3.39. The maximum atomic E-state index is 13.4. The van der Waals surface area contributed by atoms with Gasteiger partial charge in [-0.1, -0.05) is 54.6 Å². The predicted molar refractivity (Wildman–Crippen MR) is 119 cm³/mol. The van der Waals surface area contributed by atoms with Gasteiger partial charge in [-0.15, -0.1) is 0 Å². The van der Waals surface area contributed by atoms with Gasteiger partial charge in [0.2, 0.25) is 17.7 Å². The number of halogens is 1. The molecule has 0 heterocycles. The summed E-state index contributed by atoms with van der Waals surface area (Å²) >= 11 is 0. The van der Waals surface area contributed by atoms with Crippen LogP contribution in [0.3, 0.4) is 0 Å². The largest absolute Gasteiger partial charge is 0.366 e. The molecule has 3 aromatic rings. The molecule has 0 saturated heterocycles. The molecule has 0 aliphatic heterocycles. The zero-order valence-corrected chi connectivity index (χ0v) is 17.6. The van der Waals surface area contributed by atoms with Gasteiger partial charge in [0.05, 0.1) is 6.42 Å². The zero-order chi connectivity index (χ0) is 23.1. The van der Waals surface area contributed by atoms with Crippen molar-refractivity contribution in [2.45, 2.75) is 25.9 Å². The number of carbonyl (C=O) groups excluding carboxylic acids is 3. The van der Waals surface area contributed by atoms with Crippen LogP contribution in [0.4, 0.5) is 4.39 Å². The van der Waals surface area contributed by atoms with E-state index in [-0.39, 0.29) is 18.9 Å². The second kappa shape index (κ2) is 10.3. The van der Waals surface area contributed by atoms with Crippen LogP contribution < -0.4 is 16.4 Å². The Morgan fingerprint density at radius 1 is 0.938 bits per heavy atom. The molecule has 32 heavy (non-hydrogen) atoms. The lowest BCUT2D eigenvalue weighted by Crippen LogP contribution is -2.40. The minimum Gasteiger partial charge on any atom is -0.366 e. The number of benzene rings is 3. The summed E-state index contributed by atoms with van der Waals surface area (Å²) in [5.74, 6) is -1.73. The third kappa shape index (κ3) is 6.01. The molecule has 1 unspecified atom stereocenters. The highest BCUT2D eigenvalue weighted by atomic mass is 19.1. The van der Waals surface area contributed by atoms with Crippen LogP contribution in [0.5, 0.6) is 0 Å². The number of amides is 3. The molecule has 4 N–H and O–H groups in total. The van der Waals surface area contributed by atoms with E-state index in [4.69, 9.17) is 5.73 Å². The molecule has 0 radical (unpaired) electrons. The molecular formula is C25H24FN3O3. The van der Waals surface area contributed by atoms with Crippen LogP contribution in [-0.2, 0) is 22.6 Å². The summed E-state index contributed by atoms with van der Waals surface area (Å²) in [5, 5.41) is 5.56. The molecule has 0 spiro atoms. The number of aryl methyl sites for hydroxylation is 1. The highest BCUT2D eigenvalue weighted by Crippen LogP contribution is 2.15. The van der Waals surface area contributed by atoms with E-state index in [2.05, 4.69) is 10.6 Å². The summed E-state index contributed by atoms with van der Waals surface area (Å²) in [5.41, 5.74) is 8.40. The molecule has 7 heteroatoms. The molecule has 164 valence electrons. The molecule has 3 aromatic carbocycles. The second-order valence-corrected chi connectivity index (χ2v) is 7.45. The smallest absolute Gasteiger partial charge is 0.248 e. The van der Waals surface area contributed by atoms with E-state index in [1.807, 2.05) is 6.07 Å². The van der Waals surface area contributed by atoms with E-state index >= 15 is 0 Å². The van der Waals surface area contributed by atoms with Gasteiger partial charge in [0.1, 0.15) is 11.9 Å². The van der Waals surface area contributed by atoms with Crippen molar-refractivity contribution in [3.63, 3.8) is 0 Å². The molecule has 0 aromatic heterocycles. The second-order valence-electron chi connectivity index (χ2n) is 7.45. The molecule has 0 fully saturated rings. The van der Waals surface area contributed by atoms with Crippen LogP contribution in [0.1, 0.15) is 38.7 Å². The van der Waals surface area contributed by atoms with E-state index in [1.54, 1.807) is 55.5 Å². The van der Waals surface area contributed by atoms with E-state index < -0.39 is 23.7 Å². The number of hydrogen-bond donors (Lipinski definition) is 3. The van der Waals surface area contributed by atoms with Gasteiger partial charge < -0.3 is 16.4 Å². The molecule has 3 rings (SSSR count). The Balaban J connectivity index is 1.71. The van der Waals surface area contributed by atoms with Crippen molar-refractivity contribution in [3.05, 3.63) is 106 Å². The van der Waals surface area contributed by atoms with Crippen molar-refractivity contribution in [2.24, 2.45) is 5.73 Å². The van der Waals surface area contributed by atoms with Crippen molar-refractivity contribution in [1.29, 1.82) is 0 Å². The highest BCUT2D eigenvalue weighted by Gasteiger charge is 2.22. The number of nitrogens with two attached hydrogens (primary N) is 1. The zero-order valence-electron chi connectivity index (χ0n) is 17.6. The molecule has 3 amide bonds. The van der Waals surface area contributed by atoms with Gasteiger partial charge in [-0.3, -0.25) is 14.4 Å².